The van der Waals surface area contributed by atoms with Gasteiger partial charge in [0.1, 0.15) is 11.3 Å². The second-order valence-electron chi connectivity index (χ2n) is 6.00. The van der Waals surface area contributed by atoms with Crippen molar-refractivity contribution in [2.45, 2.75) is 64.7 Å². The van der Waals surface area contributed by atoms with Crippen LogP contribution in [0.25, 0.3) is 11.0 Å². The van der Waals surface area contributed by atoms with Crippen molar-refractivity contribution in [3.8, 4) is 5.75 Å². The van der Waals surface area contributed by atoms with Gasteiger partial charge >= 0.3 is 5.63 Å². The molecule has 0 bridgehead atoms. The smallest absolute Gasteiger partial charge is 0.336 e. The highest BCUT2D eigenvalue weighted by molar-refractivity contribution is 5.81. The first-order valence-electron chi connectivity index (χ1n) is 8.46. The van der Waals surface area contributed by atoms with Crippen molar-refractivity contribution in [1.82, 2.24) is 0 Å². The van der Waals surface area contributed by atoms with Crippen molar-refractivity contribution in [2.24, 2.45) is 0 Å². The Morgan fingerprint density at radius 3 is 2.36 bits per heavy atom. The molecule has 3 heteroatoms. The summed E-state index contributed by atoms with van der Waals surface area (Å²) >= 11 is 0. The minimum atomic E-state index is -0.340. The molecule has 0 radical (unpaired) electrons. The number of hydrogen-bond donors (Lipinski definition) is 1. The molecule has 1 aromatic carbocycles. The van der Waals surface area contributed by atoms with Gasteiger partial charge in [0.25, 0.3) is 0 Å². The number of phenols is 1. The predicted octanol–water partition coefficient (Wildman–Crippen LogP) is 5.18. The van der Waals surface area contributed by atoms with E-state index in [1.165, 1.54) is 51.0 Å². The van der Waals surface area contributed by atoms with Crippen LogP contribution in [-0.4, -0.2) is 5.11 Å². The standard InChI is InChI=1S/C19H26O3/c1-2-3-4-5-6-7-8-9-10-15-13-19(21)22-18-14-16(20)11-12-17(15)18/h11-14,20H,2-10H2,1H3. The Balaban J connectivity index is 1.85. The van der Waals surface area contributed by atoms with Crippen molar-refractivity contribution < 1.29 is 9.52 Å². The lowest BCUT2D eigenvalue weighted by Crippen LogP contribution is -2.00. The fourth-order valence-corrected chi connectivity index (χ4v) is 2.87. The van der Waals surface area contributed by atoms with E-state index in [9.17, 15) is 9.90 Å². The fraction of sp³-hybridized carbons (Fsp3) is 0.526. The molecule has 0 aliphatic carbocycles. The quantitative estimate of drug-likeness (QED) is 0.513. The van der Waals surface area contributed by atoms with E-state index in [0.29, 0.717) is 5.58 Å². The minimum absolute atomic E-state index is 0.125. The minimum Gasteiger partial charge on any atom is -0.508 e. The zero-order valence-corrected chi connectivity index (χ0v) is 13.4. The van der Waals surface area contributed by atoms with Crippen LogP contribution in [0.3, 0.4) is 0 Å². The molecule has 0 unspecified atom stereocenters. The molecule has 0 aliphatic rings. The second kappa shape index (κ2) is 8.62. The van der Waals surface area contributed by atoms with Gasteiger partial charge in [0.2, 0.25) is 0 Å². The topological polar surface area (TPSA) is 50.4 Å². The Hall–Kier alpha value is -1.77. The summed E-state index contributed by atoms with van der Waals surface area (Å²) in [6.45, 7) is 2.24. The monoisotopic (exact) mass is 302 g/mol. The first-order chi connectivity index (χ1) is 10.7. The third kappa shape index (κ3) is 4.90. The highest BCUT2D eigenvalue weighted by atomic mass is 16.4. The molecule has 0 amide bonds. The van der Waals surface area contributed by atoms with Crippen molar-refractivity contribution >= 4 is 11.0 Å². The van der Waals surface area contributed by atoms with Gasteiger partial charge in [0, 0.05) is 17.5 Å². The lowest BCUT2D eigenvalue weighted by atomic mass is 10.0. The molecule has 1 aromatic heterocycles. The molecule has 1 N–H and O–H groups in total. The summed E-state index contributed by atoms with van der Waals surface area (Å²) in [4.78, 5) is 11.6. The zero-order valence-electron chi connectivity index (χ0n) is 13.4. The largest absolute Gasteiger partial charge is 0.508 e. The van der Waals surface area contributed by atoms with Crippen molar-refractivity contribution in [1.29, 1.82) is 0 Å². The van der Waals surface area contributed by atoms with Crippen LogP contribution in [0.5, 0.6) is 5.75 Å². The van der Waals surface area contributed by atoms with Gasteiger partial charge in [-0.1, -0.05) is 51.9 Å². The van der Waals surface area contributed by atoms with Crippen LogP contribution < -0.4 is 5.63 Å². The van der Waals surface area contributed by atoms with Gasteiger partial charge in [-0.05, 0) is 30.5 Å². The lowest BCUT2D eigenvalue weighted by molar-refractivity contribution is 0.473. The number of aromatic hydroxyl groups is 1. The molecule has 120 valence electrons. The molecule has 22 heavy (non-hydrogen) atoms. The maximum atomic E-state index is 11.6. The van der Waals surface area contributed by atoms with Crippen LogP contribution in [0, 0.1) is 0 Å². The molecular weight excluding hydrogens is 276 g/mol. The van der Waals surface area contributed by atoms with Crippen molar-refractivity contribution in [2.75, 3.05) is 0 Å². The second-order valence-corrected chi connectivity index (χ2v) is 6.00. The van der Waals surface area contributed by atoms with Crippen LogP contribution in [0.1, 0.15) is 63.9 Å². The van der Waals surface area contributed by atoms with Crippen LogP contribution in [0.2, 0.25) is 0 Å². The van der Waals surface area contributed by atoms with E-state index in [-0.39, 0.29) is 11.4 Å². The number of benzene rings is 1. The number of hydrogen-bond acceptors (Lipinski definition) is 3. The molecule has 0 saturated heterocycles. The molecular formula is C19H26O3. The van der Waals surface area contributed by atoms with Gasteiger partial charge in [0.15, 0.2) is 0 Å². The highest BCUT2D eigenvalue weighted by Gasteiger charge is 2.06. The Morgan fingerprint density at radius 1 is 0.955 bits per heavy atom. The van der Waals surface area contributed by atoms with Gasteiger partial charge in [-0.25, -0.2) is 4.79 Å². The van der Waals surface area contributed by atoms with E-state index in [2.05, 4.69) is 6.92 Å². The van der Waals surface area contributed by atoms with Crippen LogP contribution in [0.15, 0.2) is 33.5 Å². The van der Waals surface area contributed by atoms with Gasteiger partial charge in [-0.3, -0.25) is 0 Å². The average molecular weight is 302 g/mol. The normalized spacial score (nSPS) is 11.1. The van der Waals surface area contributed by atoms with Gasteiger partial charge in [0.05, 0.1) is 0 Å². The van der Waals surface area contributed by atoms with Crippen molar-refractivity contribution in [3.05, 3.63) is 40.2 Å². The maximum absolute atomic E-state index is 11.6. The van der Waals surface area contributed by atoms with Crippen LogP contribution >= 0.6 is 0 Å². The van der Waals surface area contributed by atoms with Crippen LogP contribution in [-0.2, 0) is 6.42 Å². The summed E-state index contributed by atoms with van der Waals surface area (Å²) in [6.07, 6.45) is 11.1. The Bertz CT molecular complexity index is 643. The first kappa shape index (κ1) is 16.6. The molecule has 1 heterocycles. The number of unbranched alkanes of at least 4 members (excludes halogenated alkanes) is 7. The number of phenolic OH excluding ortho intramolecular Hbond substituents is 1. The summed E-state index contributed by atoms with van der Waals surface area (Å²) < 4.78 is 5.15. The Morgan fingerprint density at radius 2 is 1.64 bits per heavy atom. The van der Waals surface area contributed by atoms with Gasteiger partial charge in [-0.15, -0.1) is 0 Å². The molecule has 0 fully saturated rings. The van der Waals surface area contributed by atoms with E-state index >= 15 is 0 Å². The van der Waals surface area contributed by atoms with E-state index in [1.807, 2.05) is 6.07 Å². The molecule has 3 nitrogen and oxygen atoms in total. The summed E-state index contributed by atoms with van der Waals surface area (Å²) in [5.74, 6) is 0.125. The summed E-state index contributed by atoms with van der Waals surface area (Å²) in [7, 11) is 0. The molecule has 0 atom stereocenters. The summed E-state index contributed by atoms with van der Waals surface area (Å²) in [5, 5.41) is 10.4. The summed E-state index contributed by atoms with van der Waals surface area (Å²) in [6, 6.07) is 6.56. The van der Waals surface area contributed by atoms with Gasteiger partial charge < -0.3 is 9.52 Å². The lowest BCUT2D eigenvalue weighted by Gasteiger charge is -2.06. The van der Waals surface area contributed by atoms with Crippen molar-refractivity contribution in [3.63, 3.8) is 0 Å². The number of rotatable bonds is 9. The highest BCUT2D eigenvalue weighted by Crippen LogP contribution is 2.23. The number of aryl methyl sites for hydroxylation is 1. The average Bonchev–Trinajstić information content (AvgIpc) is 2.49. The van der Waals surface area contributed by atoms with Gasteiger partial charge in [-0.2, -0.15) is 0 Å². The molecule has 2 aromatic rings. The van der Waals surface area contributed by atoms with Crippen LogP contribution in [0.4, 0.5) is 0 Å². The predicted molar refractivity (Wildman–Crippen MR) is 90.5 cm³/mol. The SMILES string of the molecule is CCCCCCCCCCc1cc(=O)oc2cc(O)ccc12. The van der Waals surface area contributed by atoms with E-state index < -0.39 is 0 Å². The number of fused-ring (bicyclic) bond motifs is 1. The third-order valence-electron chi connectivity index (χ3n) is 4.11. The molecule has 0 spiro atoms. The first-order valence-corrected chi connectivity index (χ1v) is 8.46. The fourth-order valence-electron chi connectivity index (χ4n) is 2.87. The molecule has 2 rings (SSSR count). The molecule has 0 saturated carbocycles. The van der Waals surface area contributed by atoms with E-state index in [1.54, 1.807) is 12.1 Å². The Labute approximate surface area is 132 Å². The summed E-state index contributed by atoms with van der Waals surface area (Å²) in [5.41, 5.74) is 1.16. The van der Waals surface area contributed by atoms with E-state index in [4.69, 9.17) is 4.42 Å². The maximum Gasteiger partial charge on any atom is 0.336 e. The van der Waals surface area contributed by atoms with E-state index in [0.717, 1.165) is 23.8 Å². The Kier molecular flexibility index (Phi) is 6.50. The third-order valence-corrected chi connectivity index (χ3v) is 4.11. The zero-order chi connectivity index (χ0) is 15.8. The molecule has 0 aliphatic heterocycles.